The largest absolute Gasteiger partial charge is 0.494 e. The monoisotopic (exact) mass is 290 g/mol. The first-order chi connectivity index (χ1) is 10.1. The fourth-order valence-corrected chi connectivity index (χ4v) is 2.03. The first-order valence-electron chi connectivity index (χ1n) is 6.21. The second-order valence-corrected chi connectivity index (χ2v) is 4.22. The Morgan fingerprint density at radius 1 is 0.952 bits per heavy atom. The molecule has 0 spiro atoms. The molecule has 5 heteroatoms. The highest BCUT2D eigenvalue weighted by Gasteiger charge is 2.19. The Morgan fingerprint density at radius 2 is 1.67 bits per heavy atom. The smallest absolute Gasteiger partial charge is 0.197 e. The van der Waals surface area contributed by atoms with Crippen LogP contribution in [0.4, 0.5) is 4.39 Å². The van der Waals surface area contributed by atoms with Gasteiger partial charge in [0.05, 0.1) is 26.9 Å². The Bertz CT molecular complexity index is 667. The van der Waals surface area contributed by atoms with Crippen LogP contribution in [-0.2, 0) is 0 Å². The number of ether oxygens (including phenoxy) is 3. The van der Waals surface area contributed by atoms with Crippen LogP contribution in [-0.4, -0.2) is 27.1 Å². The van der Waals surface area contributed by atoms with Crippen LogP contribution in [0.1, 0.15) is 15.9 Å². The summed E-state index contributed by atoms with van der Waals surface area (Å²) >= 11 is 0. The lowest BCUT2D eigenvalue weighted by Crippen LogP contribution is -2.06. The highest BCUT2D eigenvalue weighted by Crippen LogP contribution is 2.32. The number of ketones is 1. The van der Waals surface area contributed by atoms with Gasteiger partial charge in [-0.15, -0.1) is 0 Å². The number of methoxy groups -OCH3 is 3. The summed E-state index contributed by atoms with van der Waals surface area (Å²) in [6.07, 6.45) is 0. The van der Waals surface area contributed by atoms with Gasteiger partial charge < -0.3 is 14.2 Å². The summed E-state index contributed by atoms with van der Waals surface area (Å²) in [7, 11) is 4.30. The molecule has 0 aliphatic carbocycles. The summed E-state index contributed by atoms with van der Waals surface area (Å²) in [6, 6.07) is 9.02. The molecule has 0 aromatic heterocycles. The maximum Gasteiger partial charge on any atom is 0.197 e. The van der Waals surface area contributed by atoms with E-state index in [1.807, 2.05) is 0 Å². The summed E-state index contributed by atoms with van der Waals surface area (Å²) in [5.41, 5.74) is 0.515. The van der Waals surface area contributed by atoms with Gasteiger partial charge in [-0.05, 0) is 30.3 Å². The van der Waals surface area contributed by atoms with E-state index in [0.29, 0.717) is 17.1 Å². The number of halogens is 1. The SMILES string of the molecule is COc1ccc(C(=O)c2cccc(OC)c2OC)cc1F. The number of benzene rings is 2. The molecular weight excluding hydrogens is 275 g/mol. The molecule has 110 valence electrons. The standard InChI is InChI=1S/C16H15FO4/c1-19-13-8-7-10(9-12(13)17)15(18)11-5-4-6-14(20-2)16(11)21-3/h4-9H,1-3H3. The Hall–Kier alpha value is -2.56. The van der Waals surface area contributed by atoms with Gasteiger partial charge in [0.1, 0.15) is 0 Å². The van der Waals surface area contributed by atoms with Crippen LogP contribution < -0.4 is 14.2 Å². The lowest BCUT2D eigenvalue weighted by atomic mass is 10.0. The molecular formula is C16H15FO4. The molecule has 0 fully saturated rings. The summed E-state index contributed by atoms with van der Waals surface area (Å²) in [6.45, 7) is 0. The van der Waals surface area contributed by atoms with Crippen LogP contribution in [0.5, 0.6) is 17.2 Å². The third kappa shape index (κ3) is 2.81. The maximum atomic E-state index is 13.7. The van der Waals surface area contributed by atoms with E-state index < -0.39 is 5.82 Å². The summed E-state index contributed by atoms with van der Waals surface area (Å²) < 4.78 is 28.9. The van der Waals surface area contributed by atoms with E-state index in [1.54, 1.807) is 18.2 Å². The van der Waals surface area contributed by atoms with E-state index in [0.717, 1.165) is 6.07 Å². The average Bonchev–Trinajstić information content (AvgIpc) is 2.53. The van der Waals surface area contributed by atoms with Crippen molar-refractivity contribution in [2.75, 3.05) is 21.3 Å². The van der Waals surface area contributed by atoms with Crippen molar-refractivity contribution in [1.29, 1.82) is 0 Å². The molecule has 2 rings (SSSR count). The molecule has 2 aromatic rings. The molecule has 0 amide bonds. The number of hydrogen-bond acceptors (Lipinski definition) is 4. The molecule has 4 nitrogen and oxygen atoms in total. The van der Waals surface area contributed by atoms with Crippen molar-refractivity contribution in [3.63, 3.8) is 0 Å². The Balaban J connectivity index is 2.47. The molecule has 0 aliphatic rings. The summed E-state index contributed by atoms with van der Waals surface area (Å²) in [5, 5.41) is 0. The van der Waals surface area contributed by atoms with Crippen LogP contribution in [0.25, 0.3) is 0 Å². The molecule has 0 bridgehead atoms. The molecule has 0 radical (unpaired) electrons. The number of carbonyl (C=O) groups is 1. The first-order valence-corrected chi connectivity index (χ1v) is 6.21. The van der Waals surface area contributed by atoms with E-state index in [1.165, 1.54) is 33.5 Å². The van der Waals surface area contributed by atoms with Gasteiger partial charge in [-0.3, -0.25) is 4.79 Å². The predicted octanol–water partition coefficient (Wildman–Crippen LogP) is 3.08. The van der Waals surface area contributed by atoms with Gasteiger partial charge in [-0.25, -0.2) is 4.39 Å². The van der Waals surface area contributed by atoms with E-state index in [2.05, 4.69) is 0 Å². The van der Waals surface area contributed by atoms with Crippen molar-refractivity contribution < 1.29 is 23.4 Å². The van der Waals surface area contributed by atoms with Gasteiger partial charge in [0, 0.05) is 5.56 Å². The highest BCUT2D eigenvalue weighted by atomic mass is 19.1. The van der Waals surface area contributed by atoms with Crippen LogP contribution in [0, 0.1) is 5.82 Å². The highest BCUT2D eigenvalue weighted by molar-refractivity contribution is 6.11. The third-order valence-electron chi connectivity index (χ3n) is 3.06. The summed E-state index contributed by atoms with van der Waals surface area (Å²) in [4.78, 5) is 12.5. The average molecular weight is 290 g/mol. The molecule has 0 saturated heterocycles. The molecule has 2 aromatic carbocycles. The minimum atomic E-state index is -0.592. The Morgan fingerprint density at radius 3 is 2.24 bits per heavy atom. The number of hydrogen-bond donors (Lipinski definition) is 0. The number of carbonyl (C=O) groups excluding carboxylic acids is 1. The molecule has 0 saturated carbocycles. The number of para-hydroxylation sites is 1. The van der Waals surface area contributed by atoms with Gasteiger partial charge in [-0.2, -0.15) is 0 Å². The van der Waals surface area contributed by atoms with Gasteiger partial charge in [0.25, 0.3) is 0 Å². The normalized spacial score (nSPS) is 10.1. The van der Waals surface area contributed by atoms with Crippen LogP contribution >= 0.6 is 0 Å². The van der Waals surface area contributed by atoms with Gasteiger partial charge in [0.2, 0.25) is 0 Å². The second kappa shape index (κ2) is 6.26. The van der Waals surface area contributed by atoms with Gasteiger partial charge in [0.15, 0.2) is 28.8 Å². The van der Waals surface area contributed by atoms with Crippen molar-refractivity contribution in [2.24, 2.45) is 0 Å². The van der Waals surface area contributed by atoms with Gasteiger partial charge in [-0.1, -0.05) is 6.07 Å². The number of rotatable bonds is 5. The second-order valence-electron chi connectivity index (χ2n) is 4.22. The van der Waals surface area contributed by atoms with Crippen LogP contribution in [0.15, 0.2) is 36.4 Å². The van der Waals surface area contributed by atoms with Crippen molar-refractivity contribution in [3.05, 3.63) is 53.3 Å². The molecule has 0 unspecified atom stereocenters. The minimum Gasteiger partial charge on any atom is -0.494 e. The lowest BCUT2D eigenvalue weighted by Gasteiger charge is -2.12. The van der Waals surface area contributed by atoms with Crippen LogP contribution in [0.2, 0.25) is 0 Å². The fraction of sp³-hybridized carbons (Fsp3) is 0.188. The van der Waals surface area contributed by atoms with Crippen molar-refractivity contribution in [3.8, 4) is 17.2 Å². The zero-order chi connectivity index (χ0) is 15.4. The molecule has 0 atom stereocenters. The molecule has 0 aliphatic heterocycles. The lowest BCUT2D eigenvalue weighted by molar-refractivity contribution is 0.103. The van der Waals surface area contributed by atoms with E-state index in [-0.39, 0.29) is 17.1 Å². The summed E-state index contributed by atoms with van der Waals surface area (Å²) in [5.74, 6) is -0.0970. The maximum absolute atomic E-state index is 13.7. The van der Waals surface area contributed by atoms with E-state index in [9.17, 15) is 9.18 Å². The Labute approximate surface area is 122 Å². The van der Waals surface area contributed by atoms with Crippen molar-refractivity contribution >= 4 is 5.78 Å². The predicted molar refractivity (Wildman–Crippen MR) is 75.9 cm³/mol. The third-order valence-corrected chi connectivity index (χ3v) is 3.06. The molecule has 21 heavy (non-hydrogen) atoms. The van der Waals surface area contributed by atoms with Gasteiger partial charge >= 0.3 is 0 Å². The van der Waals surface area contributed by atoms with Crippen molar-refractivity contribution in [1.82, 2.24) is 0 Å². The zero-order valence-electron chi connectivity index (χ0n) is 12.0. The van der Waals surface area contributed by atoms with Crippen molar-refractivity contribution in [2.45, 2.75) is 0 Å². The zero-order valence-corrected chi connectivity index (χ0v) is 12.0. The fourth-order valence-electron chi connectivity index (χ4n) is 2.03. The first kappa shape index (κ1) is 14.8. The van der Waals surface area contributed by atoms with E-state index >= 15 is 0 Å². The van der Waals surface area contributed by atoms with E-state index in [4.69, 9.17) is 14.2 Å². The quantitative estimate of drug-likeness (QED) is 0.794. The minimum absolute atomic E-state index is 0.0872. The molecule has 0 N–H and O–H groups in total. The topological polar surface area (TPSA) is 44.8 Å². The van der Waals surface area contributed by atoms with Crippen LogP contribution in [0.3, 0.4) is 0 Å². The Kier molecular flexibility index (Phi) is 4.42. The molecule has 0 heterocycles.